The van der Waals surface area contributed by atoms with Crippen molar-refractivity contribution >= 4 is 17.6 Å². The first-order valence-electron chi connectivity index (χ1n) is 6.33. The molecule has 0 fully saturated rings. The molecule has 6 heteroatoms. The summed E-state index contributed by atoms with van der Waals surface area (Å²) >= 11 is 0. The van der Waals surface area contributed by atoms with Gasteiger partial charge in [0, 0.05) is 17.1 Å². The Morgan fingerprint density at radius 2 is 1.62 bits per heavy atom. The number of nitrogens with one attached hydrogen (secondary N) is 1. The summed E-state index contributed by atoms with van der Waals surface area (Å²) in [5.41, 5.74) is 7.63. The number of carboxylic acids is 2. The van der Waals surface area contributed by atoms with E-state index in [1.54, 1.807) is 38.1 Å². The van der Waals surface area contributed by atoms with Gasteiger partial charge in [0.05, 0.1) is 17.1 Å². The fraction of sp³-hybridized carbons (Fsp3) is 0.200. The molecule has 0 spiro atoms. The Labute approximate surface area is 121 Å². The van der Waals surface area contributed by atoms with Crippen molar-refractivity contribution in [1.29, 1.82) is 0 Å². The molecule has 0 saturated heterocycles. The molecule has 0 unspecified atom stereocenters. The number of rotatable bonds is 3. The lowest BCUT2D eigenvalue weighted by atomic mass is 9.80. The lowest BCUT2D eigenvalue weighted by Crippen LogP contribution is -2.31. The second-order valence-electron chi connectivity index (χ2n) is 4.92. The van der Waals surface area contributed by atoms with E-state index >= 15 is 0 Å². The van der Waals surface area contributed by atoms with Gasteiger partial charge >= 0.3 is 11.9 Å². The predicted octanol–water partition coefficient (Wildman–Crippen LogP) is 1.67. The van der Waals surface area contributed by atoms with Crippen LogP contribution in [-0.4, -0.2) is 22.2 Å². The molecule has 0 bridgehead atoms. The van der Waals surface area contributed by atoms with E-state index in [1.165, 1.54) is 0 Å². The fourth-order valence-electron chi connectivity index (χ4n) is 2.63. The van der Waals surface area contributed by atoms with E-state index in [0.717, 1.165) is 0 Å². The normalized spacial score (nSPS) is 15.9. The third-order valence-electron chi connectivity index (χ3n) is 3.47. The van der Waals surface area contributed by atoms with E-state index in [0.29, 0.717) is 22.6 Å². The highest BCUT2D eigenvalue weighted by atomic mass is 16.4. The molecule has 0 amide bonds. The highest BCUT2D eigenvalue weighted by molar-refractivity contribution is 5.98. The summed E-state index contributed by atoms with van der Waals surface area (Å²) in [5, 5.41) is 21.7. The number of dihydropyridines is 1. The van der Waals surface area contributed by atoms with Crippen LogP contribution < -0.4 is 11.1 Å². The molecular weight excluding hydrogens is 272 g/mol. The van der Waals surface area contributed by atoms with Crippen LogP contribution >= 0.6 is 0 Å². The molecule has 0 radical (unpaired) electrons. The maximum Gasteiger partial charge on any atom is 0.334 e. The van der Waals surface area contributed by atoms with E-state index in [4.69, 9.17) is 5.73 Å². The van der Waals surface area contributed by atoms with Crippen molar-refractivity contribution in [3.63, 3.8) is 0 Å². The van der Waals surface area contributed by atoms with Gasteiger partial charge in [0.15, 0.2) is 0 Å². The average Bonchev–Trinajstić information content (AvgIpc) is 2.36. The Morgan fingerprint density at radius 1 is 1.10 bits per heavy atom. The molecule has 0 aromatic heterocycles. The predicted molar refractivity (Wildman–Crippen MR) is 77.4 cm³/mol. The Bertz CT molecular complexity index is 653. The monoisotopic (exact) mass is 288 g/mol. The molecule has 5 N–H and O–H groups in total. The van der Waals surface area contributed by atoms with Gasteiger partial charge in [-0.15, -0.1) is 0 Å². The number of aliphatic carboxylic acids is 2. The van der Waals surface area contributed by atoms with E-state index in [9.17, 15) is 19.8 Å². The number of benzene rings is 1. The molecule has 1 heterocycles. The van der Waals surface area contributed by atoms with Gasteiger partial charge in [0.25, 0.3) is 0 Å². The van der Waals surface area contributed by atoms with Gasteiger partial charge in [-0.2, -0.15) is 0 Å². The van der Waals surface area contributed by atoms with Crippen molar-refractivity contribution in [3.05, 3.63) is 52.4 Å². The molecule has 21 heavy (non-hydrogen) atoms. The third kappa shape index (κ3) is 2.60. The number of anilines is 1. The number of nitrogens with two attached hydrogens (primary N) is 1. The largest absolute Gasteiger partial charge is 0.478 e. The van der Waals surface area contributed by atoms with Crippen LogP contribution in [0.25, 0.3) is 0 Å². The van der Waals surface area contributed by atoms with Crippen LogP contribution in [0.3, 0.4) is 0 Å². The van der Waals surface area contributed by atoms with Gasteiger partial charge < -0.3 is 21.3 Å². The topological polar surface area (TPSA) is 113 Å². The highest BCUT2D eigenvalue weighted by Crippen LogP contribution is 2.38. The lowest BCUT2D eigenvalue weighted by Gasteiger charge is -2.28. The molecule has 1 aliphatic rings. The van der Waals surface area contributed by atoms with E-state index < -0.39 is 17.9 Å². The summed E-state index contributed by atoms with van der Waals surface area (Å²) in [6, 6.07) is 6.62. The molecular formula is C15H16N2O4. The fourth-order valence-corrected chi connectivity index (χ4v) is 2.63. The van der Waals surface area contributed by atoms with Crippen LogP contribution in [0.5, 0.6) is 0 Å². The van der Waals surface area contributed by atoms with Crippen LogP contribution in [0.15, 0.2) is 46.8 Å². The number of allylic oxidation sites excluding steroid dienone is 2. The summed E-state index contributed by atoms with van der Waals surface area (Å²) in [5.74, 6) is -3.16. The van der Waals surface area contributed by atoms with E-state index in [2.05, 4.69) is 5.32 Å². The molecule has 0 atom stereocenters. The van der Waals surface area contributed by atoms with Crippen molar-refractivity contribution < 1.29 is 19.8 Å². The molecule has 0 aliphatic carbocycles. The first-order valence-corrected chi connectivity index (χ1v) is 6.33. The number of nitrogen functional groups attached to an aromatic ring is 1. The Morgan fingerprint density at radius 3 is 2.05 bits per heavy atom. The van der Waals surface area contributed by atoms with Crippen molar-refractivity contribution in [1.82, 2.24) is 5.32 Å². The standard InChI is InChI=1S/C15H16N2O4/c1-7-11(14(18)19)13(9-4-3-5-10(16)6-9)12(15(20)21)8(2)17-7/h3-6,13,17H,16H2,1-2H3,(H,18,19)(H,20,21). The maximum atomic E-state index is 11.6. The first kappa shape index (κ1) is 14.6. The second kappa shape index (κ2) is 5.32. The zero-order chi connectivity index (χ0) is 15.7. The Kier molecular flexibility index (Phi) is 3.71. The van der Waals surface area contributed by atoms with Crippen molar-refractivity contribution in [2.24, 2.45) is 0 Å². The number of carbonyl (C=O) groups is 2. The van der Waals surface area contributed by atoms with Gasteiger partial charge in [-0.25, -0.2) is 9.59 Å². The molecule has 1 aromatic rings. The zero-order valence-corrected chi connectivity index (χ0v) is 11.7. The minimum atomic E-state index is -1.15. The number of carboxylic acid groups (broad SMARTS) is 2. The van der Waals surface area contributed by atoms with Crippen LogP contribution in [0, 0.1) is 0 Å². The van der Waals surface area contributed by atoms with Gasteiger partial charge in [0.2, 0.25) is 0 Å². The van der Waals surface area contributed by atoms with E-state index in [-0.39, 0.29) is 11.1 Å². The van der Waals surface area contributed by atoms with Gasteiger partial charge in [-0.1, -0.05) is 12.1 Å². The lowest BCUT2D eigenvalue weighted by molar-refractivity contribution is -0.133. The molecule has 2 rings (SSSR count). The summed E-state index contributed by atoms with van der Waals surface area (Å²) in [4.78, 5) is 23.1. The van der Waals surface area contributed by atoms with Crippen LogP contribution in [0.1, 0.15) is 25.3 Å². The summed E-state index contributed by atoms with van der Waals surface area (Å²) in [6.45, 7) is 3.23. The molecule has 110 valence electrons. The zero-order valence-electron chi connectivity index (χ0n) is 11.7. The van der Waals surface area contributed by atoms with Crippen LogP contribution in [0.4, 0.5) is 5.69 Å². The van der Waals surface area contributed by atoms with E-state index in [1.807, 2.05) is 0 Å². The Hall–Kier alpha value is -2.76. The minimum Gasteiger partial charge on any atom is -0.478 e. The van der Waals surface area contributed by atoms with Crippen molar-refractivity contribution in [2.75, 3.05) is 5.73 Å². The molecule has 0 saturated carbocycles. The minimum absolute atomic E-state index is 0.0172. The van der Waals surface area contributed by atoms with Gasteiger partial charge in [-0.05, 0) is 31.5 Å². The van der Waals surface area contributed by atoms with Gasteiger partial charge in [-0.3, -0.25) is 0 Å². The summed E-state index contributed by atoms with van der Waals surface area (Å²) in [6.07, 6.45) is 0. The molecule has 1 aromatic carbocycles. The second-order valence-corrected chi connectivity index (χ2v) is 4.92. The quantitative estimate of drug-likeness (QED) is 0.629. The first-order chi connectivity index (χ1) is 9.82. The van der Waals surface area contributed by atoms with Crippen molar-refractivity contribution in [3.8, 4) is 0 Å². The smallest absolute Gasteiger partial charge is 0.334 e. The average molecular weight is 288 g/mol. The maximum absolute atomic E-state index is 11.6. The summed E-state index contributed by atoms with van der Waals surface area (Å²) < 4.78 is 0. The summed E-state index contributed by atoms with van der Waals surface area (Å²) in [7, 11) is 0. The molecule has 6 nitrogen and oxygen atoms in total. The van der Waals surface area contributed by atoms with Gasteiger partial charge in [0.1, 0.15) is 0 Å². The van der Waals surface area contributed by atoms with Crippen molar-refractivity contribution in [2.45, 2.75) is 19.8 Å². The SMILES string of the molecule is CC1=C(C(=O)O)C(c2cccc(N)c2)C(C(=O)O)=C(C)N1. The van der Waals surface area contributed by atoms with Crippen LogP contribution in [0.2, 0.25) is 0 Å². The molecule has 1 aliphatic heterocycles. The highest BCUT2D eigenvalue weighted by Gasteiger charge is 2.36. The number of hydrogen-bond donors (Lipinski definition) is 4. The number of hydrogen-bond acceptors (Lipinski definition) is 4. The Balaban J connectivity index is 2.70. The third-order valence-corrected chi connectivity index (χ3v) is 3.47. The van der Waals surface area contributed by atoms with Crippen LogP contribution in [-0.2, 0) is 9.59 Å².